The van der Waals surface area contributed by atoms with Crippen molar-refractivity contribution >= 4 is 22.7 Å². The normalized spacial score (nSPS) is 10.2. The van der Waals surface area contributed by atoms with E-state index >= 15 is 0 Å². The summed E-state index contributed by atoms with van der Waals surface area (Å²) in [5.74, 6) is -0.235. The van der Waals surface area contributed by atoms with E-state index in [0.29, 0.717) is 11.0 Å². The van der Waals surface area contributed by atoms with E-state index < -0.39 is 5.97 Å². The first-order valence-electron chi connectivity index (χ1n) is 6.31. The second kappa shape index (κ2) is 5.54. The molecule has 108 valence electrons. The van der Waals surface area contributed by atoms with Crippen molar-refractivity contribution in [1.29, 1.82) is 0 Å². The lowest BCUT2D eigenvalue weighted by atomic mass is 10.2. The van der Waals surface area contributed by atoms with Crippen molar-refractivity contribution < 1.29 is 14.4 Å². The maximum absolute atomic E-state index is 11.5. The zero-order valence-corrected chi connectivity index (χ0v) is 11.6. The molecule has 0 aliphatic heterocycles. The molecule has 0 atom stereocenters. The molecule has 0 spiro atoms. The summed E-state index contributed by atoms with van der Waals surface area (Å²) in [5.41, 5.74) is 1.82. The number of para-hydroxylation sites is 1. The zero-order chi connectivity index (χ0) is 15.5. The molecule has 0 bridgehead atoms. The fourth-order valence-corrected chi connectivity index (χ4v) is 1.93. The topological polar surface area (TPSA) is 70.6 Å². The van der Waals surface area contributed by atoms with Crippen LogP contribution in [0.15, 0.2) is 42.5 Å². The number of methoxy groups -OCH3 is 1. The fourth-order valence-electron chi connectivity index (χ4n) is 1.93. The highest BCUT2D eigenvalue weighted by Gasteiger charge is 2.13. The average molecular weight is 294 g/mol. The quantitative estimate of drug-likeness (QED) is 0.548. The number of carbonyl (C=O) groups excluding carboxylic acids is 1. The molecule has 0 saturated heterocycles. The van der Waals surface area contributed by atoms with Gasteiger partial charge in [-0.25, -0.2) is 9.64 Å². The smallest absolute Gasteiger partial charge is 0.336 e. The minimum atomic E-state index is -0.511. The van der Waals surface area contributed by atoms with Crippen LogP contribution in [0, 0.1) is 6.57 Å². The Bertz CT molecular complexity index is 895. The van der Waals surface area contributed by atoms with Gasteiger partial charge in [0.05, 0.1) is 13.7 Å². The third kappa shape index (κ3) is 2.33. The van der Waals surface area contributed by atoms with E-state index in [9.17, 15) is 4.79 Å². The summed E-state index contributed by atoms with van der Waals surface area (Å²) in [4.78, 5) is 21.7. The third-order valence-corrected chi connectivity index (χ3v) is 3.01. The van der Waals surface area contributed by atoms with Crippen LogP contribution in [0.2, 0.25) is 0 Å². The molecular formula is C15H10N4O3. The van der Waals surface area contributed by atoms with Gasteiger partial charge in [-0.15, -0.1) is 5.10 Å². The summed E-state index contributed by atoms with van der Waals surface area (Å²) < 4.78 is 4.63. The van der Waals surface area contributed by atoms with Crippen LogP contribution < -0.4 is 4.84 Å². The van der Waals surface area contributed by atoms with Crippen molar-refractivity contribution in [2.45, 2.75) is 0 Å². The predicted molar refractivity (Wildman–Crippen MR) is 77.6 cm³/mol. The fraction of sp³-hybridized carbons (Fsp3) is 0.0667. The molecule has 0 aliphatic carbocycles. The summed E-state index contributed by atoms with van der Waals surface area (Å²) in [5, 5.41) is 7.86. The van der Waals surface area contributed by atoms with Gasteiger partial charge >= 0.3 is 5.97 Å². The SMILES string of the molecule is [C-]#[N+]c1cc(C(=O)OC)ccc1On1nnc2ccccc21. The van der Waals surface area contributed by atoms with E-state index in [0.717, 1.165) is 0 Å². The predicted octanol–water partition coefficient (Wildman–Crippen LogP) is 2.61. The highest BCUT2D eigenvalue weighted by molar-refractivity contribution is 5.91. The Balaban J connectivity index is 1.99. The zero-order valence-electron chi connectivity index (χ0n) is 11.6. The minimum Gasteiger partial charge on any atom is -0.465 e. The number of nitrogens with zero attached hydrogens (tertiary/aromatic N) is 4. The van der Waals surface area contributed by atoms with Gasteiger partial charge in [0.15, 0.2) is 5.75 Å². The van der Waals surface area contributed by atoms with E-state index in [-0.39, 0.29) is 17.0 Å². The molecule has 1 aromatic heterocycles. The first-order valence-corrected chi connectivity index (χ1v) is 6.31. The average Bonchev–Trinajstić information content (AvgIpc) is 2.97. The summed E-state index contributed by atoms with van der Waals surface area (Å²) >= 11 is 0. The Kier molecular flexibility index (Phi) is 3.42. The highest BCUT2D eigenvalue weighted by Crippen LogP contribution is 2.29. The van der Waals surface area contributed by atoms with Gasteiger partial charge < -0.3 is 9.57 Å². The molecule has 7 nitrogen and oxygen atoms in total. The van der Waals surface area contributed by atoms with Crippen LogP contribution >= 0.6 is 0 Å². The largest absolute Gasteiger partial charge is 0.465 e. The van der Waals surface area contributed by atoms with Gasteiger partial charge in [0, 0.05) is 5.56 Å². The standard InChI is InChI=1S/C15H10N4O3/c1-16-12-9-10(15(20)21-2)7-8-14(12)22-19-13-6-4-3-5-11(13)17-18-19/h3-9H,2H3. The van der Waals surface area contributed by atoms with E-state index in [1.807, 2.05) is 12.1 Å². The maximum Gasteiger partial charge on any atom is 0.336 e. The molecule has 0 saturated carbocycles. The van der Waals surface area contributed by atoms with Gasteiger partial charge in [-0.05, 0) is 35.5 Å². The molecule has 0 fully saturated rings. The number of fused-ring (bicyclic) bond motifs is 1. The van der Waals surface area contributed by atoms with Crippen LogP contribution in [0.1, 0.15) is 10.4 Å². The molecule has 0 N–H and O–H groups in total. The molecule has 0 unspecified atom stereocenters. The number of rotatable bonds is 3. The second-order valence-corrected chi connectivity index (χ2v) is 4.33. The van der Waals surface area contributed by atoms with Crippen LogP contribution in [0.4, 0.5) is 5.69 Å². The monoisotopic (exact) mass is 294 g/mol. The molecule has 0 radical (unpaired) electrons. The van der Waals surface area contributed by atoms with Crippen molar-refractivity contribution in [3.63, 3.8) is 0 Å². The van der Waals surface area contributed by atoms with Crippen molar-refractivity contribution in [1.82, 2.24) is 15.2 Å². The summed E-state index contributed by atoms with van der Waals surface area (Å²) in [6.45, 7) is 7.22. The Hall–Kier alpha value is -3.40. The van der Waals surface area contributed by atoms with Crippen LogP contribution in [0.25, 0.3) is 15.9 Å². The first kappa shape index (κ1) is 13.6. The van der Waals surface area contributed by atoms with Gasteiger partial charge in [-0.3, -0.25) is 0 Å². The molecule has 22 heavy (non-hydrogen) atoms. The number of esters is 1. The van der Waals surface area contributed by atoms with Crippen LogP contribution in [-0.2, 0) is 4.74 Å². The number of hydrogen-bond donors (Lipinski definition) is 0. The number of benzene rings is 2. The van der Waals surface area contributed by atoms with Gasteiger partial charge in [-0.2, -0.15) is 0 Å². The Labute approximate surface area is 125 Å². The Morgan fingerprint density at radius 2 is 2.09 bits per heavy atom. The van der Waals surface area contributed by atoms with Gasteiger partial charge in [-0.1, -0.05) is 17.0 Å². The van der Waals surface area contributed by atoms with Crippen molar-refractivity contribution in [2.75, 3.05) is 7.11 Å². The molecule has 3 aromatic rings. The van der Waals surface area contributed by atoms with Crippen molar-refractivity contribution in [3.8, 4) is 5.75 Å². The minimum absolute atomic E-state index is 0.183. The summed E-state index contributed by atoms with van der Waals surface area (Å²) in [6, 6.07) is 11.7. The van der Waals surface area contributed by atoms with Crippen molar-refractivity contribution in [2.24, 2.45) is 0 Å². The maximum atomic E-state index is 11.5. The lowest BCUT2D eigenvalue weighted by Gasteiger charge is -2.08. The molecule has 3 rings (SSSR count). The number of carbonyl (C=O) groups is 1. The van der Waals surface area contributed by atoms with Gasteiger partial charge in [0.25, 0.3) is 0 Å². The third-order valence-electron chi connectivity index (χ3n) is 3.01. The molecule has 2 aromatic carbocycles. The number of aromatic nitrogens is 3. The van der Waals surface area contributed by atoms with E-state index in [4.69, 9.17) is 11.4 Å². The van der Waals surface area contributed by atoms with Crippen LogP contribution in [-0.4, -0.2) is 28.2 Å². The molecule has 7 heteroatoms. The Morgan fingerprint density at radius 3 is 2.86 bits per heavy atom. The molecule has 0 amide bonds. The van der Waals surface area contributed by atoms with Crippen LogP contribution in [0.3, 0.4) is 0 Å². The number of hydrogen-bond acceptors (Lipinski definition) is 5. The van der Waals surface area contributed by atoms with Gasteiger partial charge in [0.1, 0.15) is 11.0 Å². The lowest BCUT2D eigenvalue weighted by Crippen LogP contribution is -2.08. The van der Waals surface area contributed by atoms with Crippen LogP contribution in [0.5, 0.6) is 5.75 Å². The summed E-state index contributed by atoms with van der Waals surface area (Å²) in [6.07, 6.45) is 0. The lowest BCUT2D eigenvalue weighted by molar-refractivity contribution is 0.0600. The molecule has 1 heterocycles. The Morgan fingerprint density at radius 1 is 1.27 bits per heavy atom. The van der Waals surface area contributed by atoms with Crippen molar-refractivity contribution in [3.05, 3.63) is 59.4 Å². The first-order chi connectivity index (χ1) is 10.7. The van der Waals surface area contributed by atoms with E-state index in [1.54, 1.807) is 12.1 Å². The molecule has 0 aliphatic rings. The number of ether oxygens (including phenoxy) is 1. The summed E-state index contributed by atoms with van der Waals surface area (Å²) in [7, 11) is 1.28. The van der Waals surface area contributed by atoms with Gasteiger partial charge in [0.2, 0.25) is 5.69 Å². The van der Waals surface area contributed by atoms with E-state index in [1.165, 1.54) is 30.2 Å². The second-order valence-electron chi connectivity index (χ2n) is 4.33. The molecular weight excluding hydrogens is 284 g/mol. The highest BCUT2D eigenvalue weighted by atomic mass is 16.7. The van der Waals surface area contributed by atoms with E-state index in [2.05, 4.69) is 19.9 Å².